The topological polar surface area (TPSA) is 66.6 Å². The van der Waals surface area contributed by atoms with Gasteiger partial charge >= 0.3 is 163 Å². The fraction of sp³-hybridized carbons (Fsp3) is 0.364. The predicted octanol–water partition coefficient (Wildman–Crippen LogP) is 4.95. The van der Waals surface area contributed by atoms with E-state index in [1.54, 1.807) is 18.5 Å². The van der Waals surface area contributed by atoms with Crippen LogP contribution in [0.4, 0.5) is 4.79 Å². The van der Waals surface area contributed by atoms with Gasteiger partial charge in [0.1, 0.15) is 0 Å². The summed E-state index contributed by atoms with van der Waals surface area (Å²) < 4.78 is 7.09. The quantitative estimate of drug-likeness (QED) is 0.131. The van der Waals surface area contributed by atoms with Gasteiger partial charge in [-0.1, -0.05) is 18.2 Å². The van der Waals surface area contributed by atoms with Crippen molar-refractivity contribution in [2.45, 2.75) is 20.8 Å². The summed E-state index contributed by atoms with van der Waals surface area (Å²) in [7, 11) is 0. The van der Waals surface area contributed by atoms with Crippen molar-refractivity contribution in [3.05, 3.63) is 59.8 Å². The minimum absolute atomic E-state index is 0.0573. The summed E-state index contributed by atoms with van der Waals surface area (Å²) in [5, 5.41) is 8.26. The third-order valence-electron chi connectivity index (χ3n) is 4.15. The number of alkyl halides is 2. The summed E-state index contributed by atoms with van der Waals surface area (Å²) in [6, 6.07) is 9.83. The van der Waals surface area contributed by atoms with Gasteiger partial charge in [0, 0.05) is 0 Å². The average molecular weight is 508 g/mol. The van der Waals surface area contributed by atoms with Crippen molar-refractivity contribution in [2.75, 3.05) is 28.6 Å². The van der Waals surface area contributed by atoms with Crippen LogP contribution < -0.4 is 0 Å². The molecule has 0 unspecified atom stereocenters. The second-order valence-electron chi connectivity index (χ2n) is 6.45. The van der Waals surface area contributed by atoms with Crippen LogP contribution in [-0.2, 0) is 4.74 Å². The molecule has 29 heavy (non-hydrogen) atoms. The summed E-state index contributed by atoms with van der Waals surface area (Å²) in [6.07, 6.45) is 5.14. The molecule has 1 aromatic rings. The van der Waals surface area contributed by atoms with Crippen LogP contribution in [0.25, 0.3) is 0 Å². The summed E-state index contributed by atoms with van der Waals surface area (Å²) >= 11 is -1.67. The number of carbonyl (C=O) groups is 1. The molecule has 2 rings (SSSR count). The zero-order valence-corrected chi connectivity index (χ0v) is 19.5. The molecule has 1 aliphatic rings. The van der Waals surface area contributed by atoms with Gasteiger partial charge in [0.25, 0.3) is 0 Å². The van der Waals surface area contributed by atoms with E-state index in [-0.39, 0.29) is 3.98 Å². The minimum atomic E-state index is -1.67. The Morgan fingerprint density at radius 1 is 1.21 bits per heavy atom. The molecule has 1 aliphatic heterocycles. The molecule has 0 spiro atoms. The number of amidine groups is 1. The number of nitrogens with zero attached hydrogens (tertiary/aromatic N) is 4. The zero-order chi connectivity index (χ0) is 21.1. The van der Waals surface area contributed by atoms with Gasteiger partial charge in [-0.15, -0.1) is 0 Å². The van der Waals surface area contributed by atoms with Crippen LogP contribution in [0.2, 0.25) is 0 Å². The predicted molar refractivity (Wildman–Crippen MR) is 131 cm³/mol. The summed E-state index contributed by atoms with van der Waals surface area (Å²) in [6.45, 7) is 11.9. The molecule has 1 heterocycles. The number of aliphatic imine (C=N–C) groups is 1. The van der Waals surface area contributed by atoms with E-state index in [4.69, 9.17) is 9.73 Å². The monoisotopic (exact) mass is 508 g/mol. The van der Waals surface area contributed by atoms with Gasteiger partial charge in [-0.25, -0.2) is 0 Å². The first kappa shape index (κ1) is 23.0. The third kappa shape index (κ3) is 7.56. The molecule has 0 amide bonds. The van der Waals surface area contributed by atoms with Crippen molar-refractivity contribution in [2.24, 2.45) is 15.2 Å². The molecule has 0 radical (unpaired) electrons. The number of hydrogen-bond donors (Lipinski definition) is 0. The first-order chi connectivity index (χ1) is 14.0. The fourth-order valence-electron chi connectivity index (χ4n) is 2.55. The van der Waals surface area contributed by atoms with Crippen LogP contribution in [0, 0.1) is 0 Å². The van der Waals surface area contributed by atoms with Crippen LogP contribution >= 0.6 is 19.8 Å². The Kier molecular flexibility index (Phi) is 9.76. The molecule has 0 aliphatic carbocycles. The molecule has 0 N–H and O–H groups in total. The molecule has 7 heteroatoms. The van der Waals surface area contributed by atoms with E-state index in [1.165, 1.54) is 0 Å². The molecular formula is C22H29IN4O2. The van der Waals surface area contributed by atoms with Crippen LogP contribution in [0.5, 0.6) is 0 Å². The molecule has 1 aromatic carbocycles. The molecule has 156 valence electrons. The Bertz CT molecular complexity index is 803. The van der Waals surface area contributed by atoms with E-state index in [2.05, 4.69) is 21.7 Å². The van der Waals surface area contributed by atoms with Gasteiger partial charge in [-0.2, -0.15) is 0 Å². The van der Waals surface area contributed by atoms with Crippen LogP contribution in [-0.4, -0.2) is 55.7 Å². The second-order valence-corrected chi connectivity index (χ2v) is 12.1. The molecular weight excluding hydrogens is 479 g/mol. The van der Waals surface area contributed by atoms with E-state index in [1.807, 2.05) is 51.1 Å². The standard InChI is InChI=1S/C22H29IN4O2/c1-5-21(27-14-12-23(13-15-27)22(28)29-6-2)26-20(18(3)4)17-25-24-16-19-10-8-7-9-11-19/h5,7-11,16-17H,1,6,12-15H2,2-4H3. The number of hydrogen-bond acceptors (Lipinski definition) is 5. The van der Waals surface area contributed by atoms with Crippen LogP contribution in [0.3, 0.4) is 0 Å². The van der Waals surface area contributed by atoms with E-state index < -0.39 is 19.8 Å². The Balaban J connectivity index is 2.04. The molecule has 6 nitrogen and oxygen atoms in total. The van der Waals surface area contributed by atoms with Crippen LogP contribution in [0.15, 0.2) is 69.5 Å². The van der Waals surface area contributed by atoms with Crippen molar-refractivity contribution in [3.63, 3.8) is 0 Å². The van der Waals surface area contributed by atoms with Gasteiger partial charge < -0.3 is 0 Å². The van der Waals surface area contributed by atoms with Crippen LogP contribution in [0.1, 0.15) is 26.3 Å². The summed E-state index contributed by atoms with van der Waals surface area (Å²) in [4.78, 5) is 18.9. The van der Waals surface area contributed by atoms with Crippen molar-refractivity contribution in [3.8, 4) is 0 Å². The maximum atomic E-state index is 12.0. The summed E-state index contributed by atoms with van der Waals surface area (Å²) in [5.41, 5.74) is 2.80. The van der Waals surface area contributed by atoms with Gasteiger partial charge in [-0.3, -0.25) is 0 Å². The van der Waals surface area contributed by atoms with Crippen molar-refractivity contribution >= 4 is 42.1 Å². The number of halogens is 1. The molecule has 0 bridgehead atoms. The fourth-order valence-corrected chi connectivity index (χ4v) is 7.06. The van der Waals surface area contributed by atoms with Crippen molar-refractivity contribution in [1.82, 2.24) is 4.90 Å². The maximum absolute atomic E-state index is 12.0. The SMILES string of the molecule is C=CC(=NC(C=NN=Cc1ccccc1)=C(C)C)N1CCI(C(=O)OCC)CC1. The Hall–Kier alpha value is -2.29. The molecule has 1 saturated heterocycles. The van der Waals surface area contributed by atoms with E-state index in [0.717, 1.165) is 44.6 Å². The van der Waals surface area contributed by atoms with E-state index in [0.29, 0.717) is 6.61 Å². The second kappa shape index (κ2) is 12.3. The Morgan fingerprint density at radius 2 is 1.90 bits per heavy atom. The van der Waals surface area contributed by atoms with Crippen molar-refractivity contribution in [1.29, 1.82) is 0 Å². The Labute approximate surface area is 180 Å². The van der Waals surface area contributed by atoms with E-state index >= 15 is 0 Å². The molecule has 1 fully saturated rings. The summed E-state index contributed by atoms with van der Waals surface area (Å²) in [5.74, 6) is 0.805. The first-order valence-corrected chi connectivity index (χ1v) is 13.7. The zero-order valence-electron chi connectivity index (χ0n) is 17.3. The normalized spacial score (nSPS) is 16.3. The Morgan fingerprint density at radius 3 is 2.48 bits per heavy atom. The van der Waals surface area contributed by atoms with Crippen molar-refractivity contribution < 1.29 is 9.53 Å². The molecule has 0 atom stereocenters. The number of benzene rings is 1. The number of allylic oxidation sites excluding steroid dienone is 2. The molecule has 0 saturated carbocycles. The first-order valence-electron chi connectivity index (χ1n) is 9.58. The van der Waals surface area contributed by atoms with E-state index in [9.17, 15) is 4.79 Å². The number of rotatable bonds is 7. The van der Waals surface area contributed by atoms with Gasteiger partial charge in [-0.05, 0) is 0 Å². The molecule has 0 aromatic heterocycles. The number of ether oxygens (including phenoxy) is 1. The van der Waals surface area contributed by atoms with Gasteiger partial charge in [0.2, 0.25) is 0 Å². The average Bonchev–Trinajstić information content (AvgIpc) is 2.74. The van der Waals surface area contributed by atoms with Gasteiger partial charge in [0.15, 0.2) is 0 Å². The third-order valence-corrected chi connectivity index (χ3v) is 9.27. The van der Waals surface area contributed by atoms with Gasteiger partial charge in [0.05, 0.1) is 0 Å². The number of carbonyl (C=O) groups excluding carboxylic acids is 1.